The minimum Gasteiger partial charge on any atom is -0.384 e. The summed E-state index contributed by atoms with van der Waals surface area (Å²) in [5.74, 6) is -0.231. The van der Waals surface area contributed by atoms with E-state index in [0.29, 0.717) is 29.3 Å². The molecule has 0 radical (unpaired) electrons. The number of fused-ring (bicyclic) bond motifs is 3. The van der Waals surface area contributed by atoms with Crippen LogP contribution in [0.3, 0.4) is 0 Å². The summed E-state index contributed by atoms with van der Waals surface area (Å²) in [6.07, 6.45) is 2.19. The summed E-state index contributed by atoms with van der Waals surface area (Å²) in [4.78, 5) is 22.4. The van der Waals surface area contributed by atoms with E-state index in [9.17, 15) is 9.90 Å². The average molecular weight is 361 g/mol. The van der Waals surface area contributed by atoms with Gasteiger partial charge in [-0.05, 0) is 31.9 Å². The Hall–Kier alpha value is -2.32. The Labute approximate surface area is 148 Å². The molecule has 3 aromatic heterocycles. The summed E-state index contributed by atoms with van der Waals surface area (Å²) in [6.45, 7) is 2.65. The molecule has 1 saturated heterocycles. The number of likely N-dealkylation sites (tertiary alicyclic amines) is 1. The number of rotatable bonds is 2. The molecule has 130 valence electrons. The van der Waals surface area contributed by atoms with Crippen LogP contribution >= 0.6 is 11.6 Å². The van der Waals surface area contributed by atoms with Crippen molar-refractivity contribution >= 4 is 39.6 Å². The van der Waals surface area contributed by atoms with Crippen molar-refractivity contribution in [3.63, 3.8) is 0 Å². The van der Waals surface area contributed by atoms with Crippen LogP contribution in [0.1, 0.15) is 25.8 Å². The smallest absolute Gasteiger partial charge is 0.251 e. The number of aliphatic hydroxyl groups is 1. The van der Waals surface area contributed by atoms with E-state index in [-0.39, 0.29) is 11.9 Å². The number of aliphatic hydroxyl groups excluding tert-OH is 1. The van der Waals surface area contributed by atoms with Gasteiger partial charge in [-0.2, -0.15) is 0 Å². The first kappa shape index (κ1) is 16.2. The maximum Gasteiger partial charge on any atom is 0.251 e. The normalized spacial score (nSPS) is 17.3. The number of pyridine rings is 2. The van der Waals surface area contributed by atoms with Crippen LogP contribution in [0.2, 0.25) is 5.15 Å². The van der Waals surface area contributed by atoms with Gasteiger partial charge in [0.05, 0.1) is 17.8 Å². The molecule has 1 N–H and O–H groups in total. The summed E-state index contributed by atoms with van der Waals surface area (Å²) in [5.41, 5.74) is 2.90. The standard InChI is InChI=1S/C16H17ClN6O2/c1-9(24)16(25)22-6-4-10(5-7-22)23-15-12(20-21-23)8-18-11-2-3-13(17)19-14(11)15/h2-3,8-10,24H,4-7H2,1H3/t9-/m1/s1. The fraction of sp³-hybridized carbons (Fsp3) is 0.438. The van der Waals surface area contributed by atoms with E-state index in [1.165, 1.54) is 6.92 Å². The van der Waals surface area contributed by atoms with Crippen LogP contribution in [0, 0.1) is 0 Å². The van der Waals surface area contributed by atoms with E-state index in [2.05, 4.69) is 20.3 Å². The molecule has 0 unspecified atom stereocenters. The first-order chi connectivity index (χ1) is 12.0. The van der Waals surface area contributed by atoms with Crippen LogP contribution < -0.4 is 0 Å². The fourth-order valence-electron chi connectivity index (χ4n) is 3.31. The van der Waals surface area contributed by atoms with Gasteiger partial charge < -0.3 is 10.0 Å². The Morgan fingerprint density at radius 1 is 1.32 bits per heavy atom. The molecule has 3 aromatic rings. The number of piperidine rings is 1. The average Bonchev–Trinajstić information content (AvgIpc) is 3.05. The van der Waals surface area contributed by atoms with Gasteiger partial charge in [-0.3, -0.25) is 9.78 Å². The molecule has 25 heavy (non-hydrogen) atoms. The summed E-state index contributed by atoms with van der Waals surface area (Å²) in [6, 6.07) is 3.64. The van der Waals surface area contributed by atoms with Crippen LogP contribution in [0.4, 0.5) is 0 Å². The van der Waals surface area contributed by atoms with Gasteiger partial charge in [0.2, 0.25) is 0 Å². The number of halogens is 1. The molecule has 1 amide bonds. The molecular formula is C16H17ClN6O2. The highest BCUT2D eigenvalue weighted by atomic mass is 35.5. The van der Waals surface area contributed by atoms with Crippen molar-refractivity contribution in [2.24, 2.45) is 0 Å². The largest absolute Gasteiger partial charge is 0.384 e. The molecule has 4 rings (SSSR count). The van der Waals surface area contributed by atoms with Crippen LogP contribution in [-0.2, 0) is 4.79 Å². The minimum atomic E-state index is -0.967. The second-order valence-corrected chi connectivity index (χ2v) is 6.65. The Kier molecular flexibility index (Phi) is 4.01. The van der Waals surface area contributed by atoms with Gasteiger partial charge in [0, 0.05) is 13.1 Å². The second-order valence-electron chi connectivity index (χ2n) is 6.26. The lowest BCUT2D eigenvalue weighted by Crippen LogP contribution is -2.43. The first-order valence-corrected chi connectivity index (χ1v) is 8.55. The summed E-state index contributed by atoms with van der Waals surface area (Å²) >= 11 is 6.05. The molecule has 0 aliphatic carbocycles. The molecular weight excluding hydrogens is 344 g/mol. The SMILES string of the molecule is C[C@@H](O)C(=O)N1CCC(n2nnc3cnc4ccc(Cl)nc4c32)CC1. The summed E-state index contributed by atoms with van der Waals surface area (Å²) in [5, 5.41) is 18.4. The molecule has 1 atom stereocenters. The van der Waals surface area contributed by atoms with Gasteiger partial charge >= 0.3 is 0 Å². The molecule has 4 heterocycles. The zero-order chi connectivity index (χ0) is 17.6. The number of carbonyl (C=O) groups excluding carboxylic acids is 1. The Balaban J connectivity index is 1.69. The lowest BCUT2D eigenvalue weighted by atomic mass is 10.0. The molecule has 0 spiro atoms. The van der Waals surface area contributed by atoms with E-state index in [0.717, 1.165) is 23.9 Å². The van der Waals surface area contributed by atoms with E-state index in [4.69, 9.17) is 11.6 Å². The van der Waals surface area contributed by atoms with Crippen LogP contribution in [0.5, 0.6) is 0 Å². The van der Waals surface area contributed by atoms with Gasteiger partial charge in [0.25, 0.3) is 5.91 Å². The minimum absolute atomic E-state index is 0.106. The third-order valence-electron chi connectivity index (χ3n) is 4.59. The number of aromatic nitrogens is 5. The van der Waals surface area contributed by atoms with Crippen molar-refractivity contribution in [2.45, 2.75) is 31.9 Å². The van der Waals surface area contributed by atoms with Crippen molar-refractivity contribution in [3.05, 3.63) is 23.5 Å². The highest BCUT2D eigenvalue weighted by Crippen LogP contribution is 2.29. The Morgan fingerprint density at radius 2 is 2.08 bits per heavy atom. The number of nitrogens with zero attached hydrogens (tertiary/aromatic N) is 6. The number of amides is 1. The maximum absolute atomic E-state index is 11.9. The predicted molar refractivity (Wildman–Crippen MR) is 92.2 cm³/mol. The predicted octanol–water partition coefficient (Wildman–Crippen LogP) is 1.57. The molecule has 9 heteroatoms. The Bertz CT molecular complexity index is 948. The van der Waals surface area contributed by atoms with Crippen molar-refractivity contribution < 1.29 is 9.90 Å². The van der Waals surface area contributed by atoms with Crippen LogP contribution in [0.25, 0.3) is 22.1 Å². The van der Waals surface area contributed by atoms with E-state index in [1.807, 2.05) is 10.7 Å². The summed E-state index contributed by atoms with van der Waals surface area (Å²) in [7, 11) is 0. The lowest BCUT2D eigenvalue weighted by Gasteiger charge is -2.32. The van der Waals surface area contributed by atoms with E-state index < -0.39 is 6.10 Å². The van der Waals surface area contributed by atoms with Gasteiger partial charge in [-0.25, -0.2) is 9.67 Å². The van der Waals surface area contributed by atoms with Crippen molar-refractivity contribution in [2.75, 3.05) is 13.1 Å². The monoisotopic (exact) mass is 360 g/mol. The molecule has 8 nitrogen and oxygen atoms in total. The molecule has 1 aliphatic heterocycles. The zero-order valence-corrected chi connectivity index (χ0v) is 14.4. The van der Waals surface area contributed by atoms with Crippen LogP contribution in [0.15, 0.2) is 18.3 Å². The summed E-state index contributed by atoms with van der Waals surface area (Å²) < 4.78 is 1.87. The van der Waals surface area contributed by atoms with Crippen molar-refractivity contribution in [3.8, 4) is 0 Å². The van der Waals surface area contributed by atoms with E-state index >= 15 is 0 Å². The molecule has 0 bridgehead atoms. The maximum atomic E-state index is 11.9. The third-order valence-corrected chi connectivity index (χ3v) is 4.80. The van der Waals surface area contributed by atoms with Gasteiger partial charge in [0.1, 0.15) is 27.8 Å². The molecule has 0 aromatic carbocycles. The van der Waals surface area contributed by atoms with Gasteiger partial charge in [-0.15, -0.1) is 5.10 Å². The molecule has 0 saturated carbocycles. The van der Waals surface area contributed by atoms with Crippen molar-refractivity contribution in [1.82, 2.24) is 29.9 Å². The topological polar surface area (TPSA) is 97.0 Å². The Morgan fingerprint density at radius 3 is 2.80 bits per heavy atom. The molecule has 1 fully saturated rings. The van der Waals surface area contributed by atoms with Gasteiger partial charge in [0.15, 0.2) is 0 Å². The highest BCUT2D eigenvalue weighted by molar-refractivity contribution is 6.30. The molecule has 1 aliphatic rings. The quantitative estimate of drug-likeness (QED) is 0.697. The highest BCUT2D eigenvalue weighted by Gasteiger charge is 2.28. The number of carbonyl (C=O) groups is 1. The van der Waals surface area contributed by atoms with E-state index in [1.54, 1.807) is 17.2 Å². The van der Waals surface area contributed by atoms with Crippen molar-refractivity contribution in [1.29, 1.82) is 0 Å². The number of hydrogen-bond acceptors (Lipinski definition) is 6. The fourth-order valence-corrected chi connectivity index (χ4v) is 3.46. The first-order valence-electron chi connectivity index (χ1n) is 8.17. The van der Waals surface area contributed by atoms with Crippen LogP contribution in [-0.4, -0.2) is 60.1 Å². The second kappa shape index (κ2) is 6.20. The lowest BCUT2D eigenvalue weighted by molar-refractivity contribution is -0.140. The third kappa shape index (κ3) is 2.81. The van der Waals surface area contributed by atoms with Gasteiger partial charge in [-0.1, -0.05) is 16.8 Å². The number of hydrogen-bond donors (Lipinski definition) is 1. The zero-order valence-electron chi connectivity index (χ0n) is 13.6.